The van der Waals surface area contributed by atoms with E-state index in [1.165, 1.54) is 0 Å². The van der Waals surface area contributed by atoms with Gasteiger partial charge in [0, 0.05) is 10.6 Å². The molecule has 0 rings (SSSR count). The summed E-state index contributed by atoms with van der Waals surface area (Å²) in [7, 11) is 0. The second-order valence-corrected chi connectivity index (χ2v) is 2.42. The Hall–Kier alpha value is -0.110. The molecule has 0 spiro atoms. The van der Waals surface area contributed by atoms with Crippen LogP contribution in [0.5, 0.6) is 0 Å². The van der Waals surface area contributed by atoms with Crippen LogP contribution in [0.25, 0.3) is 0 Å². The molecule has 0 aliphatic carbocycles. The topological polar surface area (TPSA) is 26.0 Å². The second-order valence-electron chi connectivity index (χ2n) is 1.88. The summed E-state index contributed by atoms with van der Waals surface area (Å²) in [6.45, 7) is 3.98. The molecule has 0 unspecified atom stereocenters. The van der Waals surface area contributed by atoms with Crippen molar-refractivity contribution in [3.05, 3.63) is 10.6 Å². The molecule has 8 heavy (non-hydrogen) atoms. The smallest absolute Gasteiger partial charge is 0.0143 e. The third-order valence-corrected chi connectivity index (χ3v) is 1.52. The lowest BCUT2D eigenvalue weighted by molar-refractivity contribution is 0.934. The molecule has 0 fully saturated rings. The summed E-state index contributed by atoms with van der Waals surface area (Å²) < 4.78 is 0. The van der Waals surface area contributed by atoms with Gasteiger partial charge >= 0.3 is 0 Å². The van der Waals surface area contributed by atoms with Gasteiger partial charge in [-0.05, 0) is 13.3 Å². The van der Waals surface area contributed by atoms with Gasteiger partial charge in [-0.2, -0.15) is 0 Å². The number of hydrogen-bond acceptors (Lipinski definition) is 2. The van der Waals surface area contributed by atoms with Crippen LogP contribution in [0.15, 0.2) is 10.6 Å². The van der Waals surface area contributed by atoms with Crippen LogP contribution in [-0.4, -0.2) is 0 Å². The minimum atomic E-state index is 0.843. The lowest BCUT2D eigenvalue weighted by Gasteiger charge is -1.97. The molecule has 0 aromatic heterocycles. The van der Waals surface area contributed by atoms with E-state index in [0.29, 0.717) is 0 Å². The van der Waals surface area contributed by atoms with Gasteiger partial charge in [-0.3, -0.25) is 0 Å². The average molecular weight is 131 g/mol. The Morgan fingerprint density at radius 2 is 2.12 bits per heavy atom. The zero-order valence-electron chi connectivity index (χ0n) is 5.44. The zero-order valence-corrected chi connectivity index (χ0v) is 6.33. The van der Waals surface area contributed by atoms with Crippen LogP contribution in [0.3, 0.4) is 0 Å². The molecule has 2 heteroatoms. The number of nitrogens with two attached hydrogens (primary N) is 1. The highest BCUT2D eigenvalue weighted by Crippen LogP contribution is 2.10. The first-order chi connectivity index (χ1) is 3.68. The van der Waals surface area contributed by atoms with Gasteiger partial charge in [-0.25, -0.2) is 0 Å². The Balaban J connectivity index is 3.62. The monoisotopic (exact) mass is 131 g/mol. The third kappa shape index (κ3) is 2.97. The van der Waals surface area contributed by atoms with Gasteiger partial charge in [0.1, 0.15) is 0 Å². The Labute approximate surface area is 56.4 Å². The minimum Gasteiger partial charge on any atom is -0.402 e. The van der Waals surface area contributed by atoms with E-state index in [0.717, 1.165) is 23.4 Å². The van der Waals surface area contributed by atoms with Gasteiger partial charge in [0.25, 0.3) is 0 Å². The van der Waals surface area contributed by atoms with Gasteiger partial charge in [0.15, 0.2) is 0 Å². The summed E-state index contributed by atoms with van der Waals surface area (Å²) in [5.74, 6) is 0. The molecule has 0 aliphatic rings. The summed E-state index contributed by atoms with van der Waals surface area (Å²) in [4.78, 5) is 1.02. The van der Waals surface area contributed by atoms with Crippen molar-refractivity contribution >= 4 is 12.6 Å². The molecule has 0 aliphatic heterocycles. The van der Waals surface area contributed by atoms with Gasteiger partial charge < -0.3 is 5.73 Å². The number of hydrogen-bond donors (Lipinski definition) is 2. The highest BCUT2D eigenvalue weighted by atomic mass is 32.1. The standard InChI is InChI=1S/C6H13NS/c1-3-4-6(8)5(2)7/h8H,3-4,7H2,1-2H3/b6-5-. The van der Waals surface area contributed by atoms with Crippen LogP contribution in [0.1, 0.15) is 26.7 Å². The molecular formula is C6H13NS. The van der Waals surface area contributed by atoms with Gasteiger partial charge in [-0.15, -0.1) is 12.6 Å². The maximum absolute atomic E-state index is 5.43. The number of rotatable bonds is 2. The SMILES string of the molecule is CCC/C(S)=C(\C)N. The summed E-state index contributed by atoms with van der Waals surface area (Å²) in [5.41, 5.74) is 6.27. The lowest BCUT2D eigenvalue weighted by Crippen LogP contribution is -1.93. The molecule has 0 aromatic carbocycles. The van der Waals surface area contributed by atoms with E-state index in [2.05, 4.69) is 19.6 Å². The number of thiol groups is 1. The fourth-order valence-electron chi connectivity index (χ4n) is 0.434. The van der Waals surface area contributed by atoms with Crippen LogP contribution >= 0.6 is 12.6 Å². The average Bonchev–Trinajstić information content (AvgIpc) is 1.67. The van der Waals surface area contributed by atoms with Crippen LogP contribution in [0.2, 0.25) is 0 Å². The Kier molecular flexibility index (Phi) is 3.79. The first-order valence-corrected chi connectivity index (χ1v) is 3.27. The largest absolute Gasteiger partial charge is 0.402 e. The Morgan fingerprint density at radius 3 is 2.25 bits per heavy atom. The van der Waals surface area contributed by atoms with Gasteiger partial charge in [-0.1, -0.05) is 13.3 Å². The first-order valence-electron chi connectivity index (χ1n) is 2.82. The predicted octanol–water partition coefficient (Wildman–Crippen LogP) is 1.91. The molecule has 0 bridgehead atoms. The highest BCUT2D eigenvalue weighted by molar-refractivity contribution is 7.84. The zero-order chi connectivity index (χ0) is 6.57. The third-order valence-electron chi connectivity index (χ3n) is 0.942. The van der Waals surface area contributed by atoms with Crippen LogP contribution in [-0.2, 0) is 0 Å². The molecule has 0 aromatic rings. The summed E-state index contributed by atoms with van der Waals surface area (Å²) in [6.07, 6.45) is 2.12. The molecular weight excluding hydrogens is 118 g/mol. The van der Waals surface area contributed by atoms with Crippen molar-refractivity contribution in [1.82, 2.24) is 0 Å². The fourth-order valence-corrected chi connectivity index (χ4v) is 0.658. The molecule has 2 N–H and O–H groups in total. The second kappa shape index (κ2) is 3.84. The first kappa shape index (κ1) is 7.89. The van der Waals surface area contributed by atoms with Crippen molar-refractivity contribution in [3.8, 4) is 0 Å². The Morgan fingerprint density at radius 1 is 1.62 bits per heavy atom. The van der Waals surface area contributed by atoms with Crippen LogP contribution in [0.4, 0.5) is 0 Å². The molecule has 1 nitrogen and oxygen atoms in total. The summed E-state index contributed by atoms with van der Waals surface area (Å²) in [6, 6.07) is 0. The molecule has 0 heterocycles. The van der Waals surface area contributed by atoms with Gasteiger partial charge in [0.2, 0.25) is 0 Å². The molecule has 0 saturated heterocycles. The van der Waals surface area contributed by atoms with Crippen molar-refractivity contribution in [2.45, 2.75) is 26.7 Å². The van der Waals surface area contributed by atoms with E-state index in [9.17, 15) is 0 Å². The fraction of sp³-hybridized carbons (Fsp3) is 0.667. The molecule has 0 atom stereocenters. The highest BCUT2D eigenvalue weighted by Gasteiger charge is 1.89. The molecule has 0 radical (unpaired) electrons. The van der Waals surface area contributed by atoms with Crippen molar-refractivity contribution in [2.24, 2.45) is 5.73 Å². The van der Waals surface area contributed by atoms with E-state index in [-0.39, 0.29) is 0 Å². The van der Waals surface area contributed by atoms with Crippen molar-refractivity contribution in [1.29, 1.82) is 0 Å². The maximum atomic E-state index is 5.43. The van der Waals surface area contributed by atoms with Crippen LogP contribution in [0, 0.1) is 0 Å². The minimum absolute atomic E-state index is 0.843. The predicted molar refractivity (Wildman–Crippen MR) is 40.8 cm³/mol. The normalized spacial score (nSPS) is 13.4. The van der Waals surface area contributed by atoms with Crippen molar-refractivity contribution in [3.63, 3.8) is 0 Å². The van der Waals surface area contributed by atoms with E-state index >= 15 is 0 Å². The van der Waals surface area contributed by atoms with Crippen molar-refractivity contribution < 1.29 is 0 Å². The van der Waals surface area contributed by atoms with E-state index in [1.54, 1.807) is 0 Å². The van der Waals surface area contributed by atoms with E-state index in [1.807, 2.05) is 6.92 Å². The molecule has 0 amide bonds. The lowest BCUT2D eigenvalue weighted by atomic mass is 10.3. The summed E-state index contributed by atoms with van der Waals surface area (Å²) >= 11 is 4.16. The number of allylic oxidation sites excluding steroid dienone is 2. The van der Waals surface area contributed by atoms with Crippen molar-refractivity contribution in [2.75, 3.05) is 0 Å². The molecule has 48 valence electrons. The van der Waals surface area contributed by atoms with E-state index < -0.39 is 0 Å². The van der Waals surface area contributed by atoms with Crippen LogP contribution < -0.4 is 5.73 Å². The molecule has 0 saturated carbocycles. The van der Waals surface area contributed by atoms with Gasteiger partial charge in [0.05, 0.1) is 0 Å². The quantitative estimate of drug-likeness (QED) is 0.550. The maximum Gasteiger partial charge on any atom is 0.0143 e. The van der Waals surface area contributed by atoms with E-state index in [4.69, 9.17) is 5.73 Å². The summed E-state index contributed by atoms with van der Waals surface area (Å²) in [5, 5.41) is 0. The Bertz CT molecular complexity index is 92.7.